The van der Waals surface area contributed by atoms with Gasteiger partial charge in [0.25, 0.3) is 5.91 Å². The molecular formula is C33H27F2N5O5S. The van der Waals surface area contributed by atoms with Crippen molar-refractivity contribution in [1.82, 2.24) is 14.9 Å². The van der Waals surface area contributed by atoms with E-state index in [-0.39, 0.29) is 34.9 Å². The quantitative estimate of drug-likeness (QED) is 0.193. The van der Waals surface area contributed by atoms with Gasteiger partial charge in [-0.2, -0.15) is 0 Å². The average molecular weight is 644 g/mol. The highest BCUT2D eigenvalue weighted by atomic mass is 32.2. The number of halogens is 2. The summed E-state index contributed by atoms with van der Waals surface area (Å²) in [5, 5.41) is 3.37. The molecule has 0 bridgehead atoms. The fourth-order valence-electron chi connectivity index (χ4n) is 5.77. The molecule has 3 aromatic carbocycles. The van der Waals surface area contributed by atoms with Gasteiger partial charge in [0.1, 0.15) is 34.4 Å². The molecule has 7 rings (SSSR count). The smallest absolute Gasteiger partial charge is 0.255 e. The minimum absolute atomic E-state index is 0.118. The second-order valence-electron chi connectivity index (χ2n) is 10.7. The fraction of sp³-hybridized carbons (Fsp3) is 0.152. The molecule has 46 heavy (non-hydrogen) atoms. The van der Waals surface area contributed by atoms with Gasteiger partial charge in [-0.1, -0.05) is 6.07 Å². The zero-order valence-corrected chi connectivity index (χ0v) is 25.4. The molecule has 234 valence electrons. The number of anilines is 1. The number of rotatable bonds is 7. The Hall–Kier alpha value is -5.27. The number of furan rings is 1. The summed E-state index contributed by atoms with van der Waals surface area (Å²) in [6.07, 6.45) is -0.608. The van der Waals surface area contributed by atoms with Crippen molar-refractivity contribution >= 4 is 43.5 Å². The van der Waals surface area contributed by atoms with Crippen LogP contribution in [0.5, 0.6) is 5.75 Å². The van der Waals surface area contributed by atoms with Crippen LogP contribution in [0.1, 0.15) is 23.5 Å². The first-order chi connectivity index (χ1) is 22.1. The number of fused-ring (bicyclic) bond motifs is 6. The molecule has 10 nitrogen and oxygen atoms in total. The van der Waals surface area contributed by atoms with E-state index in [4.69, 9.17) is 19.9 Å². The van der Waals surface area contributed by atoms with Crippen LogP contribution in [0, 0.1) is 11.6 Å². The van der Waals surface area contributed by atoms with Crippen LogP contribution in [0.2, 0.25) is 0 Å². The second-order valence-corrected chi connectivity index (χ2v) is 12.7. The summed E-state index contributed by atoms with van der Waals surface area (Å²) in [6, 6.07) is 18.4. The summed E-state index contributed by atoms with van der Waals surface area (Å²) in [5.41, 5.74) is 9.30. The van der Waals surface area contributed by atoms with E-state index < -0.39 is 33.8 Å². The molecule has 4 heterocycles. The van der Waals surface area contributed by atoms with E-state index in [1.165, 1.54) is 50.4 Å². The maximum absolute atomic E-state index is 14.9. The minimum Gasteiger partial charge on any atom is -0.466 e. The van der Waals surface area contributed by atoms with E-state index in [1.807, 2.05) is 0 Å². The molecule has 1 aliphatic heterocycles. The van der Waals surface area contributed by atoms with E-state index in [0.717, 1.165) is 0 Å². The maximum atomic E-state index is 14.9. The highest BCUT2D eigenvalue weighted by Crippen LogP contribution is 2.44. The van der Waals surface area contributed by atoms with Crippen LogP contribution in [0.3, 0.4) is 0 Å². The van der Waals surface area contributed by atoms with Crippen LogP contribution < -0.4 is 20.5 Å². The number of carbonyl (C=O) groups excluding carboxylic acids is 1. The van der Waals surface area contributed by atoms with Gasteiger partial charge in [-0.05, 0) is 67.6 Å². The molecule has 0 spiro atoms. The first-order valence-electron chi connectivity index (χ1n) is 14.4. The number of pyridine rings is 1. The predicted molar refractivity (Wildman–Crippen MR) is 171 cm³/mol. The third kappa shape index (κ3) is 4.75. The van der Waals surface area contributed by atoms with Gasteiger partial charge in [0.15, 0.2) is 6.23 Å². The third-order valence-electron chi connectivity index (χ3n) is 7.99. The number of amides is 1. The van der Waals surface area contributed by atoms with Crippen molar-refractivity contribution in [2.75, 3.05) is 24.1 Å². The SMILES string of the molecule is CCS(=O)(=O)Nc1cc2oc(-c3ccc(F)cc3)c(C(=O)NC)c2cc1-c1ccc2c(n1)-c1cc3c(F)cccc3n1[C@H](CN)O2. The third-order valence-corrected chi connectivity index (χ3v) is 9.28. The van der Waals surface area contributed by atoms with E-state index in [1.54, 1.807) is 41.0 Å². The van der Waals surface area contributed by atoms with E-state index in [0.29, 0.717) is 50.2 Å². The highest BCUT2D eigenvalue weighted by molar-refractivity contribution is 7.92. The maximum Gasteiger partial charge on any atom is 0.255 e. The summed E-state index contributed by atoms with van der Waals surface area (Å²) in [4.78, 5) is 18.1. The summed E-state index contributed by atoms with van der Waals surface area (Å²) in [5.74, 6) is -0.932. The normalized spacial score (nSPS) is 14.2. The first kappa shape index (κ1) is 29.4. The molecule has 1 aliphatic rings. The number of benzene rings is 3. The van der Waals surface area contributed by atoms with Crippen LogP contribution in [0.15, 0.2) is 77.2 Å². The number of sulfonamides is 1. The standard InChI is InChI=1S/C33H27F2N5O5S/c1-3-46(42,43)39-24-15-28-21(30(33(41)37-2)32(45-28)17-7-9-18(34)10-8-17)13-20(24)23-11-12-27-31(38-23)26-14-19-22(35)5-4-6-25(19)40(26)29(16-36)44-27/h4-15,29,39H,3,16,36H2,1-2H3,(H,37,41)/t29-/m0/s1. The molecule has 4 N–H and O–H groups in total. The zero-order valence-electron chi connectivity index (χ0n) is 24.6. The molecule has 0 saturated heterocycles. The van der Waals surface area contributed by atoms with Crippen LogP contribution in [-0.4, -0.2) is 43.2 Å². The van der Waals surface area contributed by atoms with Crippen LogP contribution >= 0.6 is 0 Å². The molecule has 0 unspecified atom stereocenters. The molecule has 13 heteroatoms. The predicted octanol–water partition coefficient (Wildman–Crippen LogP) is 6.03. The fourth-order valence-corrected chi connectivity index (χ4v) is 6.42. The lowest BCUT2D eigenvalue weighted by atomic mass is 10.0. The van der Waals surface area contributed by atoms with E-state index in [2.05, 4.69) is 10.0 Å². The van der Waals surface area contributed by atoms with Crippen LogP contribution in [0.4, 0.5) is 14.5 Å². The molecule has 3 aromatic heterocycles. The lowest BCUT2D eigenvalue weighted by Gasteiger charge is -2.28. The number of ether oxygens (including phenoxy) is 1. The van der Waals surface area contributed by atoms with E-state index in [9.17, 15) is 22.0 Å². The Balaban J connectivity index is 1.48. The van der Waals surface area contributed by atoms with Crippen molar-refractivity contribution in [3.05, 3.63) is 90.0 Å². The summed E-state index contributed by atoms with van der Waals surface area (Å²) >= 11 is 0. The first-order valence-corrected chi connectivity index (χ1v) is 16.0. The van der Waals surface area contributed by atoms with Gasteiger partial charge in [0.2, 0.25) is 10.0 Å². The van der Waals surface area contributed by atoms with Gasteiger partial charge in [-0.25, -0.2) is 22.2 Å². The molecule has 0 aliphatic carbocycles. The Morgan fingerprint density at radius 1 is 1.04 bits per heavy atom. The molecule has 1 atom stereocenters. The summed E-state index contributed by atoms with van der Waals surface area (Å²) < 4.78 is 71.0. The summed E-state index contributed by atoms with van der Waals surface area (Å²) in [7, 11) is -2.30. The Labute approximate surface area is 261 Å². The van der Waals surface area contributed by atoms with Gasteiger partial charge in [-0.3, -0.25) is 9.52 Å². The van der Waals surface area contributed by atoms with Gasteiger partial charge in [0.05, 0.1) is 33.9 Å². The van der Waals surface area contributed by atoms with Crippen molar-refractivity contribution < 1.29 is 31.1 Å². The molecule has 6 aromatic rings. The highest BCUT2D eigenvalue weighted by Gasteiger charge is 2.30. The van der Waals surface area contributed by atoms with Gasteiger partial charge < -0.3 is 24.8 Å². The number of nitrogens with two attached hydrogens (primary N) is 1. The van der Waals surface area contributed by atoms with Crippen molar-refractivity contribution in [3.8, 4) is 39.7 Å². The molecule has 0 fully saturated rings. The largest absolute Gasteiger partial charge is 0.466 e. The number of carbonyl (C=O) groups is 1. The zero-order chi connectivity index (χ0) is 32.3. The second kappa shape index (κ2) is 11.0. The topological polar surface area (TPSA) is 141 Å². The Morgan fingerprint density at radius 3 is 2.54 bits per heavy atom. The van der Waals surface area contributed by atoms with Crippen molar-refractivity contribution in [3.63, 3.8) is 0 Å². The van der Waals surface area contributed by atoms with Gasteiger partial charge in [-0.15, -0.1) is 0 Å². The number of nitrogens with zero attached hydrogens (tertiary/aromatic N) is 2. The van der Waals surface area contributed by atoms with Crippen molar-refractivity contribution in [2.45, 2.75) is 13.2 Å². The molecule has 1 amide bonds. The summed E-state index contributed by atoms with van der Waals surface area (Å²) in [6.45, 7) is 1.62. The lowest BCUT2D eigenvalue weighted by Crippen LogP contribution is -2.28. The molecule has 0 saturated carbocycles. The number of nitrogens with one attached hydrogen (secondary N) is 2. The Kier molecular flexibility index (Phi) is 7.02. The van der Waals surface area contributed by atoms with Crippen LogP contribution in [-0.2, 0) is 10.0 Å². The number of aromatic nitrogens is 2. The monoisotopic (exact) mass is 643 g/mol. The van der Waals surface area contributed by atoms with Crippen molar-refractivity contribution in [2.24, 2.45) is 5.73 Å². The Morgan fingerprint density at radius 2 is 1.83 bits per heavy atom. The van der Waals surface area contributed by atoms with Gasteiger partial charge in [0, 0.05) is 41.6 Å². The van der Waals surface area contributed by atoms with Gasteiger partial charge >= 0.3 is 0 Å². The van der Waals surface area contributed by atoms with E-state index >= 15 is 0 Å². The molecular weight excluding hydrogens is 616 g/mol. The van der Waals surface area contributed by atoms with Crippen LogP contribution in [0.25, 0.3) is 55.8 Å². The minimum atomic E-state index is -3.78. The Bertz CT molecular complexity index is 2300. The number of hydrogen-bond donors (Lipinski definition) is 3. The average Bonchev–Trinajstić information content (AvgIpc) is 3.63. The number of hydrogen-bond acceptors (Lipinski definition) is 7. The molecule has 0 radical (unpaired) electrons. The lowest BCUT2D eigenvalue weighted by molar-refractivity contribution is 0.0964. The van der Waals surface area contributed by atoms with Crippen molar-refractivity contribution in [1.29, 1.82) is 0 Å².